The summed E-state index contributed by atoms with van der Waals surface area (Å²) >= 11 is 0. The minimum atomic E-state index is -4.43. The van der Waals surface area contributed by atoms with Crippen LogP contribution >= 0.6 is 0 Å². The first-order valence-electron chi connectivity index (χ1n) is 5.80. The van der Waals surface area contributed by atoms with Crippen LogP contribution in [0.1, 0.15) is 5.56 Å². The molecule has 0 aliphatic rings. The van der Waals surface area contributed by atoms with Crippen molar-refractivity contribution in [2.75, 3.05) is 6.61 Å². The highest BCUT2D eigenvalue weighted by Gasteiger charge is 2.29. The van der Waals surface area contributed by atoms with Gasteiger partial charge in [-0.2, -0.15) is 18.4 Å². The Labute approximate surface area is 118 Å². The lowest BCUT2D eigenvalue weighted by atomic mass is 10.3. The zero-order chi connectivity index (χ0) is 15.3. The molecule has 0 N–H and O–H groups in total. The minimum absolute atomic E-state index is 0.0408. The van der Waals surface area contributed by atoms with Gasteiger partial charge in [0.15, 0.2) is 18.1 Å². The van der Waals surface area contributed by atoms with Crippen molar-refractivity contribution >= 4 is 0 Å². The number of hydrogen-bond donors (Lipinski definition) is 0. The smallest absolute Gasteiger partial charge is 0.422 e. The molecular formula is C14H9F3N2O2. The predicted molar refractivity (Wildman–Crippen MR) is 67.0 cm³/mol. The van der Waals surface area contributed by atoms with E-state index in [4.69, 9.17) is 10.00 Å². The van der Waals surface area contributed by atoms with Gasteiger partial charge in [-0.05, 0) is 18.2 Å². The molecule has 108 valence electrons. The van der Waals surface area contributed by atoms with E-state index >= 15 is 0 Å². The summed E-state index contributed by atoms with van der Waals surface area (Å²) in [6.07, 6.45) is -3.13. The number of ether oxygens (including phenoxy) is 2. The van der Waals surface area contributed by atoms with Crippen LogP contribution in [0.25, 0.3) is 0 Å². The Morgan fingerprint density at radius 3 is 2.38 bits per heavy atom. The fourth-order valence-electron chi connectivity index (χ4n) is 1.43. The summed E-state index contributed by atoms with van der Waals surface area (Å²) in [6, 6.07) is 10.8. The quantitative estimate of drug-likeness (QED) is 0.863. The summed E-state index contributed by atoms with van der Waals surface area (Å²) in [5, 5.41) is 8.65. The Balaban J connectivity index is 2.14. The first-order chi connectivity index (χ1) is 9.98. The number of rotatable bonds is 4. The van der Waals surface area contributed by atoms with Gasteiger partial charge in [0.05, 0.1) is 5.56 Å². The summed E-state index contributed by atoms with van der Waals surface area (Å²) in [4.78, 5) is 3.87. The van der Waals surface area contributed by atoms with Crippen LogP contribution in [-0.4, -0.2) is 17.8 Å². The molecule has 0 fully saturated rings. The number of nitriles is 1. The Morgan fingerprint density at radius 1 is 1.10 bits per heavy atom. The lowest BCUT2D eigenvalue weighted by molar-refractivity contribution is -0.153. The number of para-hydroxylation sites is 2. The van der Waals surface area contributed by atoms with Gasteiger partial charge < -0.3 is 9.47 Å². The fourth-order valence-corrected chi connectivity index (χ4v) is 1.43. The Kier molecular flexibility index (Phi) is 4.28. The van der Waals surface area contributed by atoms with Gasteiger partial charge in [-0.3, -0.25) is 0 Å². The van der Waals surface area contributed by atoms with Gasteiger partial charge in [-0.25, -0.2) is 4.98 Å². The van der Waals surface area contributed by atoms with Gasteiger partial charge in [0.2, 0.25) is 5.88 Å². The van der Waals surface area contributed by atoms with Crippen molar-refractivity contribution in [1.29, 1.82) is 5.26 Å². The summed E-state index contributed by atoms with van der Waals surface area (Å²) in [5.41, 5.74) is 0.351. The zero-order valence-electron chi connectivity index (χ0n) is 10.6. The average Bonchev–Trinajstić information content (AvgIpc) is 2.46. The maximum absolute atomic E-state index is 12.2. The van der Waals surface area contributed by atoms with E-state index in [9.17, 15) is 13.2 Å². The van der Waals surface area contributed by atoms with Gasteiger partial charge in [-0.1, -0.05) is 12.1 Å². The van der Waals surface area contributed by atoms with Crippen molar-refractivity contribution in [3.05, 3.63) is 48.2 Å². The Hall–Kier alpha value is -2.75. The fraction of sp³-hybridized carbons (Fsp3) is 0.143. The van der Waals surface area contributed by atoms with Crippen LogP contribution in [0.3, 0.4) is 0 Å². The molecule has 2 aromatic rings. The van der Waals surface area contributed by atoms with E-state index in [2.05, 4.69) is 9.72 Å². The monoisotopic (exact) mass is 294 g/mol. The van der Waals surface area contributed by atoms with Crippen molar-refractivity contribution in [2.24, 2.45) is 0 Å². The van der Waals surface area contributed by atoms with E-state index < -0.39 is 12.8 Å². The Bertz CT molecular complexity index is 649. The number of aromatic nitrogens is 1. The lowest BCUT2D eigenvalue weighted by Crippen LogP contribution is -2.19. The molecule has 4 nitrogen and oxygen atoms in total. The van der Waals surface area contributed by atoms with Gasteiger partial charge in [0, 0.05) is 12.3 Å². The number of pyridine rings is 1. The van der Waals surface area contributed by atoms with E-state index in [1.807, 2.05) is 6.07 Å². The minimum Gasteiger partial charge on any atom is -0.480 e. The second-order valence-corrected chi connectivity index (χ2v) is 3.95. The molecule has 1 heterocycles. The van der Waals surface area contributed by atoms with Gasteiger partial charge in [0.1, 0.15) is 6.07 Å². The van der Waals surface area contributed by atoms with E-state index in [1.165, 1.54) is 36.5 Å². The third-order valence-corrected chi connectivity index (χ3v) is 2.32. The third-order valence-electron chi connectivity index (χ3n) is 2.32. The molecule has 0 atom stereocenters. The molecule has 7 heteroatoms. The van der Waals surface area contributed by atoms with Crippen molar-refractivity contribution in [3.63, 3.8) is 0 Å². The average molecular weight is 294 g/mol. The molecule has 0 radical (unpaired) electrons. The first-order valence-corrected chi connectivity index (χ1v) is 5.80. The molecule has 0 bridgehead atoms. The van der Waals surface area contributed by atoms with Crippen molar-refractivity contribution in [3.8, 4) is 23.4 Å². The molecule has 0 saturated heterocycles. The summed E-state index contributed by atoms with van der Waals surface area (Å²) < 4.78 is 46.6. The zero-order valence-corrected chi connectivity index (χ0v) is 10.6. The second kappa shape index (κ2) is 6.13. The van der Waals surface area contributed by atoms with Crippen LogP contribution in [0.2, 0.25) is 0 Å². The van der Waals surface area contributed by atoms with Crippen LogP contribution < -0.4 is 9.47 Å². The van der Waals surface area contributed by atoms with E-state index in [0.29, 0.717) is 5.56 Å². The molecule has 0 unspecified atom stereocenters. The van der Waals surface area contributed by atoms with Gasteiger partial charge >= 0.3 is 6.18 Å². The number of halogens is 3. The molecule has 0 spiro atoms. The normalized spacial score (nSPS) is 10.8. The predicted octanol–water partition coefficient (Wildman–Crippen LogP) is 3.69. The second-order valence-electron chi connectivity index (χ2n) is 3.95. The molecule has 1 aromatic heterocycles. The van der Waals surface area contributed by atoms with Crippen LogP contribution in [0.15, 0.2) is 42.6 Å². The topological polar surface area (TPSA) is 55.1 Å². The van der Waals surface area contributed by atoms with Crippen molar-refractivity contribution in [2.45, 2.75) is 6.18 Å². The summed E-state index contributed by atoms with van der Waals surface area (Å²) in [5.74, 6) is 0.219. The van der Waals surface area contributed by atoms with Crippen molar-refractivity contribution < 1.29 is 22.6 Å². The highest BCUT2D eigenvalue weighted by atomic mass is 19.4. The largest absolute Gasteiger partial charge is 0.480 e. The summed E-state index contributed by atoms with van der Waals surface area (Å²) in [6.45, 7) is -1.41. The molecule has 0 aliphatic carbocycles. The van der Waals surface area contributed by atoms with E-state index in [-0.39, 0.29) is 17.4 Å². The van der Waals surface area contributed by atoms with Crippen LogP contribution in [0, 0.1) is 11.3 Å². The molecule has 21 heavy (non-hydrogen) atoms. The standard InChI is InChI=1S/C14H9F3N2O2/c15-14(16,17)9-20-11-3-1-2-4-12(11)21-13-6-5-10(7-18)8-19-13/h1-6,8H,9H2. The van der Waals surface area contributed by atoms with E-state index in [0.717, 1.165) is 0 Å². The SMILES string of the molecule is N#Cc1ccc(Oc2ccccc2OCC(F)(F)F)nc1. The highest BCUT2D eigenvalue weighted by molar-refractivity contribution is 5.42. The summed E-state index contributed by atoms with van der Waals surface area (Å²) in [7, 11) is 0. The molecule has 0 saturated carbocycles. The molecule has 0 amide bonds. The van der Waals surface area contributed by atoms with Crippen LogP contribution in [-0.2, 0) is 0 Å². The third kappa shape index (κ3) is 4.38. The molecule has 2 rings (SSSR count). The van der Waals surface area contributed by atoms with Crippen LogP contribution in [0.4, 0.5) is 13.2 Å². The molecule has 1 aromatic carbocycles. The molecular weight excluding hydrogens is 285 g/mol. The highest BCUT2D eigenvalue weighted by Crippen LogP contribution is 2.31. The first kappa shape index (κ1) is 14.7. The number of alkyl halides is 3. The van der Waals surface area contributed by atoms with Gasteiger partial charge in [0.25, 0.3) is 0 Å². The van der Waals surface area contributed by atoms with Crippen LogP contribution in [0.5, 0.6) is 17.4 Å². The molecule has 0 aliphatic heterocycles. The maximum Gasteiger partial charge on any atom is 0.422 e. The Morgan fingerprint density at radius 2 is 1.81 bits per heavy atom. The van der Waals surface area contributed by atoms with Crippen molar-refractivity contribution in [1.82, 2.24) is 4.98 Å². The van der Waals surface area contributed by atoms with E-state index in [1.54, 1.807) is 6.07 Å². The number of benzene rings is 1. The maximum atomic E-state index is 12.2. The van der Waals surface area contributed by atoms with Gasteiger partial charge in [-0.15, -0.1) is 0 Å². The lowest BCUT2D eigenvalue weighted by Gasteiger charge is -2.13. The number of nitrogens with zero attached hydrogens (tertiary/aromatic N) is 2. The number of hydrogen-bond acceptors (Lipinski definition) is 4.